The van der Waals surface area contributed by atoms with Crippen LogP contribution < -0.4 is 10.6 Å². The van der Waals surface area contributed by atoms with Crippen molar-refractivity contribution < 1.29 is 14.7 Å². The number of carbonyl (C=O) groups is 2. The van der Waals surface area contributed by atoms with Crippen LogP contribution in [0.1, 0.15) is 29.0 Å². The van der Waals surface area contributed by atoms with Crippen LogP contribution in [0, 0.1) is 0 Å². The number of fused-ring (bicyclic) bond motifs is 1. The van der Waals surface area contributed by atoms with E-state index >= 15 is 0 Å². The molecular formula is C18H17N5O3. The Morgan fingerprint density at radius 3 is 2.54 bits per heavy atom. The third-order valence-electron chi connectivity index (χ3n) is 3.90. The van der Waals surface area contributed by atoms with Gasteiger partial charge in [-0.15, -0.1) is 0 Å². The Morgan fingerprint density at radius 2 is 1.88 bits per heavy atom. The molecule has 0 aromatic carbocycles. The first-order valence-corrected chi connectivity index (χ1v) is 7.94. The van der Waals surface area contributed by atoms with Crippen molar-refractivity contribution in [2.75, 3.05) is 7.05 Å². The van der Waals surface area contributed by atoms with Gasteiger partial charge in [-0.2, -0.15) is 0 Å². The lowest BCUT2D eigenvalue weighted by atomic mass is 9.96. The molecule has 0 aliphatic carbocycles. The number of aromatic nitrogens is 3. The summed E-state index contributed by atoms with van der Waals surface area (Å²) in [5, 5.41) is 14.1. The van der Waals surface area contributed by atoms with Crippen molar-refractivity contribution in [1.29, 1.82) is 0 Å². The molecule has 3 aromatic heterocycles. The molecule has 0 saturated carbocycles. The largest absolute Gasteiger partial charge is 0.465 e. The Kier molecular flexibility index (Phi) is 4.74. The van der Waals surface area contributed by atoms with Crippen LogP contribution in [0.5, 0.6) is 0 Å². The van der Waals surface area contributed by atoms with Gasteiger partial charge in [0.05, 0.1) is 28.5 Å². The molecule has 3 N–H and O–H groups in total. The Labute approximate surface area is 149 Å². The van der Waals surface area contributed by atoms with Crippen LogP contribution in [0.3, 0.4) is 0 Å². The zero-order valence-electron chi connectivity index (χ0n) is 14.2. The van der Waals surface area contributed by atoms with Crippen molar-refractivity contribution in [2.24, 2.45) is 0 Å². The molecule has 3 aromatic rings. The second-order valence-electron chi connectivity index (χ2n) is 5.58. The number of carbonyl (C=O) groups excluding carboxylic acids is 1. The molecule has 2 amide bonds. The third-order valence-corrected chi connectivity index (χ3v) is 3.90. The van der Waals surface area contributed by atoms with E-state index in [0.717, 1.165) is 0 Å². The number of nitrogens with zero attached hydrogens (tertiary/aromatic N) is 3. The molecule has 3 rings (SSSR count). The monoisotopic (exact) mass is 351 g/mol. The maximum absolute atomic E-state index is 12.7. The van der Waals surface area contributed by atoms with Gasteiger partial charge < -0.3 is 15.7 Å². The second kappa shape index (κ2) is 7.14. The fourth-order valence-corrected chi connectivity index (χ4v) is 2.79. The second-order valence-corrected chi connectivity index (χ2v) is 5.58. The summed E-state index contributed by atoms with van der Waals surface area (Å²) >= 11 is 0. The summed E-state index contributed by atoms with van der Waals surface area (Å²) in [6.45, 7) is 1.67. The van der Waals surface area contributed by atoms with Gasteiger partial charge in [0, 0.05) is 25.0 Å². The van der Waals surface area contributed by atoms with E-state index in [2.05, 4.69) is 25.6 Å². The van der Waals surface area contributed by atoms with Gasteiger partial charge in [-0.05, 0) is 31.2 Å². The van der Waals surface area contributed by atoms with Crippen LogP contribution in [0.2, 0.25) is 0 Å². The Balaban J connectivity index is 2.41. The smallest absolute Gasteiger partial charge is 0.405 e. The summed E-state index contributed by atoms with van der Waals surface area (Å²) in [4.78, 5) is 37.0. The van der Waals surface area contributed by atoms with Gasteiger partial charge in [0.15, 0.2) is 0 Å². The molecule has 0 radical (unpaired) electrons. The summed E-state index contributed by atoms with van der Waals surface area (Å²) in [5.74, 6) is -0.347. The van der Waals surface area contributed by atoms with E-state index in [1.165, 1.54) is 7.05 Å². The fraction of sp³-hybridized carbons (Fsp3) is 0.167. The Hall–Kier alpha value is -3.55. The highest BCUT2D eigenvalue weighted by Gasteiger charge is 2.26. The predicted octanol–water partition coefficient (Wildman–Crippen LogP) is 2.38. The minimum Gasteiger partial charge on any atom is -0.465 e. The standard InChI is InChI=1S/C18H17N5O3/c1-10(22-18(25)26)15-13(11-6-3-4-8-20-11)14(17(24)19-2)16-12(23-15)7-5-9-21-16/h3-10,22H,1-2H3,(H,19,24)(H,25,26). The lowest BCUT2D eigenvalue weighted by molar-refractivity contribution is 0.0965. The van der Waals surface area contributed by atoms with E-state index in [9.17, 15) is 9.59 Å². The maximum Gasteiger partial charge on any atom is 0.405 e. The van der Waals surface area contributed by atoms with Crippen LogP contribution in [-0.2, 0) is 0 Å². The number of carboxylic acid groups (broad SMARTS) is 1. The highest BCUT2D eigenvalue weighted by Crippen LogP contribution is 2.33. The average molecular weight is 351 g/mol. The van der Waals surface area contributed by atoms with E-state index in [1.807, 2.05) is 0 Å². The molecule has 1 unspecified atom stereocenters. The molecular weight excluding hydrogens is 334 g/mol. The van der Waals surface area contributed by atoms with Gasteiger partial charge >= 0.3 is 6.09 Å². The van der Waals surface area contributed by atoms with Crippen LogP contribution in [0.4, 0.5) is 4.79 Å². The minimum atomic E-state index is -1.18. The number of nitrogens with one attached hydrogen (secondary N) is 2. The van der Waals surface area contributed by atoms with Gasteiger partial charge in [-0.3, -0.25) is 14.8 Å². The van der Waals surface area contributed by atoms with Crippen molar-refractivity contribution in [3.63, 3.8) is 0 Å². The zero-order chi connectivity index (χ0) is 18.7. The van der Waals surface area contributed by atoms with Crippen LogP contribution in [-0.4, -0.2) is 39.1 Å². The van der Waals surface area contributed by atoms with Gasteiger partial charge in [0.25, 0.3) is 5.91 Å². The summed E-state index contributed by atoms with van der Waals surface area (Å²) in [7, 11) is 1.53. The zero-order valence-corrected chi connectivity index (χ0v) is 14.2. The summed E-state index contributed by atoms with van der Waals surface area (Å²) in [6.07, 6.45) is 2.00. The van der Waals surface area contributed by atoms with E-state index in [4.69, 9.17) is 5.11 Å². The highest BCUT2D eigenvalue weighted by molar-refractivity contribution is 6.10. The van der Waals surface area contributed by atoms with Crippen LogP contribution in [0.15, 0.2) is 42.7 Å². The van der Waals surface area contributed by atoms with Crippen molar-refractivity contribution in [1.82, 2.24) is 25.6 Å². The van der Waals surface area contributed by atoms with Crippen molar-refractivity contribution in [3.05, 3.63) is 54.0 Å². The fourth-order valence-electron chi connectivity index (χ4n) is 2.79. The SMILES string of the molecule is CNC(=O)c1c(-c2ccccn2)c(C(C)NC(=O)O)nc2cccnc12. The minimum absolute atomic E-state index is 0.311. The maximum atomic E-state index is 12.7. The van der Waals surface area contributed by atoms with Crippen molar-refractivity contribution >= 4 is 23.0 Å². The molecule has 0 aliphatic heterocycles. The van der Waals surface area contributed by atoms with Crippen LogP contribution in [0.25, 0.3) is 22.3 Å². The molecule has 26 heavy (non-hydrogen) atoms. The quantitative estimate of drug-likeness (QED) is 0.664. The number of rotatable bonds is 4. The number of hydrogen-bond donors (Lipinski definition) is 3. The molecule has 0 fully saturated rings. The Bertz CT molecular complexity index is 975. The normalized spacial score (nSPS) is 11.8. The van der Waals surface area contributed by atoms with Crippen molar-refractivity contribution in [2.45, 2.75) is 13.0 Å². The number of pyridine rings is 3. The lowest BCUT2D eigenvalue weighted by Gasteiger charge is -2.19. The van der Waals surface area contributed by atoms with Crippen LogP contribution >= 0.6 is 0 Å². The van der Waals surface area contributed by atoms with Gasteiger partial charge in [-0.25, -0.2) is 9.78 Å². The van der Waals surface area contributed by atoms with Crippen molar-refractivity contribution in [3.8, 4) is 11.3 Å². The van der Waals surface area contributed by atoms with Gasteiger partial charge in [-0.1, -0.05) is 6.07 Å². The molecule has 8 heteroatoms. The summed E-state index contributed by atoms with van der Waals surface area (Å²) in [5.41, 5.74) is 2.62. The topological polar surface area (TPSA) is 117 Å². The first-order chi connectivity index (χ1) is 12.5. The molecule has 0 aliphatic rings. The number of amides is 2. The number of hydrogen-bond acceptors (Lipinski definition) is 5. The summed E-state index contributed by atoms with van der Waals surface area (Å²) in [6, 6.07) is 8.08. The molecule has 1 atom stereocenters. The molecule has 0 spiro atoms. The molecule has 132 valence electrons. The molecule has 0 saturated heterocycles. The molecule has 8 nitrogen and oxygen atoms in total. The average Bonchev–Trinajstić information content (AvgIpc) is 2.66. The molecule has 3 heterocycles. The first kappa shape index (κ1) is 17.3. The highest BCUT2D eigenvalue weighted by atomic mass is 16.4. The van der Waals surface area contributed by atoms with Gasteiger partial charge in [0.1, 0.15) is 5.52 Å². The van der Waals surface area contributed by atoms with Gasteiger partial charge in [0.2, 0.25) is 0 Å². The van der Waals surface area contributed by atoms with E-state index in [1.54, 1.807) is 49.6 Å². The Morgan fingerprint density at radius 1 is 1.12 bits per heavy atom. The molecule has 0 bridgehead atoms. The predicted molar refractivity (Wildman–Crippen MR) is 95.7 cm³/mol. The van der Waals surface area contributed by atoms with E-state index < -0.39 is 12.1 Å². The van der Waals surface area contributed by atoms with E-state index in [0.29, 0.717) is 33.5 Å². The van der Waals surface area contributed by atoms with E-state index in [-0.39, 0.29) is 5.91 Å². The first-order valence-electron chi connectivity index (χ1n) is 7.94. The third kappa shape index (κ3) is 3.16. The summed E-state index contributed by atoms with van der Waals surface area (Å²) < 4.78 is 0. The lowest BCUT2D eigenvalue weighted by Crippen LogP contribution is -2.27.